The number of halogens is 2. The molecule has 0 fully saturated rings. The summed E-state index contributed by atoms with van der Waals surface area (Å²) in [5, 5.41) is 16.3. The lowest BCUT2D eigenvalue weighted by Crippen LogP contribution is -1.95. The van der Waals surface area contributed by atoms with Crippen molar-refractivity contribution in [2.75, 3.05) is 0 Å². The van der Waals surface area contributed by atoms with Crippen LogP contribution in [0.15, 0.2) is 28.9 Å². The monoisotopic (exact) mass is 271 g/mol. The second-order valence-corrected chi connectivity index (χ2v) is 3.77. The first-order chi connectivity index (χ1) is 7.20. The Labute approximate surface area is 93.5 Å². The van der Waals surface area contributed by atoms with Crippen molar-refractivity contribution in [2.24, 2.45) is 0 Å². The van der Waals surface area contributed by atoms with Crippen molar-refractivity contribution >= 4 is 15.9 Å². The molecular weight excluding hydrogens is 265 g/mol. The zero-order chi connectivity index (χ0) is 10.8. The van der Waals surface area contributed by atoms with Gasteiger partial charge >= 0.3 is 0 Å². The lowest BCUT2D eigenvalue weighted by molar-refractivity contribution is 0.276. The van der Waals surface area contributed by atoms with Crippen LogP contribution in [0.4, 0.5) is 4.39 Å². The maximum Gasteiger partial charge on any atom is 0.137 e. The predicted octanol–water partition coefficient (Wildman–Crippen LogP) is 1.66. The van der Waals surface area contributed by atoms with E-state index in [0.717, 1.165) is 0 Å². The molecule has 2 rings (SSSR count). The van der Waals surface area contributed by atoms with Gasteiger partial charge in [0.05, 0.1) is 23.0 Å². The standard InChI is InChI=1S/C9H7BrFN3O/c10-8-3-7(1-2-9(8)11)14-4-6(5-15)12-13-14/h1-4,15H,5H2. The van der Waals surface area contributed by atoms with E-state index in [4.69, 9.17) is 5.11 Å². The molecule has 0 aliphatic heterocycles. The molecule has 0 saturated carbocycles. The van der Waals surface area contributed by atoms with E-state index in [9.17, 15) is 4.39 Å². The Bertz CT molecular complexity index is 486. The molecule has 0 aliphatic carbocycles. The average Bonchev–Trinajstić information content (AvgIpc) is 2.70. The van der Waals surface area contributed by atoms with E-state index < -0.39 is 0 Å². The molecule has 0 bridgehead atoms. The quantitative estimate of drug-likeness (QED) is 0.904. The van der Waals surface area contributed by atoms with Gasteiger partial charge in [0.25, 0.3) is 0 Å². The molecule has 6 heteroatoms. The average molecular weight is 272 g/mol. The summed E-state index contributed by atoms with van der Waals surface area (Å²) in [7, 11) is 0. The van der Waals surface area contributed by atoms with Crippen molar-refractivity contribution in [2.45, 2.75) is 6.61 Å². The van der Waals surface area contributed by atoms with Crippen LogP contribution in [-0.4, -0.2) is 20.1 Å². The fourth-order valence-corrected chi connectivity index (χ4v) is 1.49. The third kappa shape index (κ3) is 2.05. The number of rotatable bonds is 2. The third-order valence-corrected chi connectivity index (χ3v) is 2.48. The van der Waals surface area contributed by atoms with Crippen LogP contribution in [0.1, 0.15) is 5.69 Å². The van der Waals surface area contributed by atoms with Crippen LogP contribution in [0.25, 0.3) is 5.69 Å². The first kappa shape index (κ1) is 10.3. The molecule has 2 aromatic rings. The highest BCUT2D eigenvalue weighted by Gasteiger charge is 2.04. The molecule has 0 radical (unpaired) electrons. The molecule has 4 nitrogen and oxygen atoms in total. The predicted molar refractivity (Wildman–Crippen MR) is 54.9 cm³/mol. The Kier molecular flexibility index (Phi) is 2.79. The minimum atomic E-state index is -0.332. The van der Waals surface area contributed by atoms with E-state index in [-0.39, 0.29) is 12.4 Å². The number of hydrogen-bond acceptors (Lipinski definition) is 3. The van der Waals surface area contributed by atoms with Gasteiger partial charge in [0, 0.05) is 0 Å². The van der Waals surface area contributed by atoms with E-state index >= 15 is 0 Å². The molecule has 0 aliphatic rings. The smallest absolute Gasteiger partial charge is 0.137 e. The van der Waals surface area contributed by atoms with Crippen LogP contribution < -0.4 is 0 Å². The molecule has 0 amide bonds. The van der Waals surface area contributed by atoms with Crippen LogP contribution >= 0.6 is 15.9 Å². The summed E-state index contributed by atoms with van der Waals surface area (Å²) >= 11 is 3.08. The molecule has 0 saturated heterocycles. The number of aliphatic hydroxyl groups excluding tert-OH is 1. The Morgan fingerprint density at radius 2 is 2.27 bits per heavy atom. The van der Waals surface area contributed by atoms with Gasteiger partial charge in [0.2, 0.25) is 0 Å². The number of benzene rings is 1. The summed E-state index contributed by atoms with van der Waals surface area (Å²) in [5.74, 6) is -0.332. The zero-order valence-corrected chi connectivity index (χ0v) is 9.15. The largest absolute Gasteiger partial charge is 0.390 e. The van der Waals surface area contributed by atoms with Gasteiger partial charge in [-0.15, -0.1) is 5.10 Å². The van der Waals surface area contributed by atoms with E-state index in [0.29, 0.717) is 15.9 Å². The van der Waals surface area contributed by atoms with Crippen LogP contribution in [0, 0.1) is 5.82 Å². The SMILES string of the molecule is OCc1cn(-c2ccc(F)c(Br)c2)nn1. The first-order valence-electron chi connectivity index (χ1n) is 4.18. The highest BCUT2D eigenvalue weighted by Crippen LogP contribution is 2.18. The number of hydrogen-bond donors (Lipinski definition) is 1. The highest BCUT2D eigenvalue weighted by atomic mass is 79.9. The van der Waals surface area contributed by atoms with Gasteiger partial charge < -0.3 is 5.11 Å². The van der Waals surface area contributed by atoms with Gasteiger partial charge in [0.1, 0.15) is 11.5 Å². The van der Waals surface area contributed by atoms with E-state index in [1.807, 2.05) is 0 Å². The Morgan fingerprint density at radius 3 is 2.87 bits per heavy atom. The number of aromatic nitrogens is 3. The van der Waals surface area contributed by atoms with Crippen LogP contribution in [0.2, 0.25) is 0 Å². The minimum absolute atomic E-state index is 0.164. The molecule has 1 aromatic heterocycles. The Morgan fingerprint density at radius 1 is 1.47 bits per heavy atom. The molecule has 0 atom stereocenters. The van der Waals surface area contributed by atoms with Crippen molar-refractivity contribution < 1.29 is 9.50 Å². The Hall–Kier alpha value is -1.27. The summed E-state index contributed by atoms with van der Waals surface area (Å²) in [6, 6.07) is 4.50. The molecule has 0 unspecified atom stereocenters. The first-order valence-corrected chi connectivity index (χ1v) is 4.97. The van der Waals surface area contributed by atoms with Crippen molar-refractivity contribution in [3.63, 3.8) is 0 Å². The molecule has 1 heterocycles. The zero-order valence-electron chi connectivity index (χ0n) is 7.56. The normalized spacial score (nSPS) is 10.6. The van der Waals surface area contributed by atoms with E-state index in [2.05, 4.69) is 26.2 Å². The third-order valence-electron chi connectivity index (χ3n) is 1.87. The van der Waals surface area contributed by atoms with Gasteiger partial charge in [0.15, 0.2) is 0 Å². The summed E-state index contributed by atoms with van der Waals surface area (Å²) < 4.78 is 14.8. The summed E-state index contributed by atoms with van der Waals surface area (Å²) in [5.41, 5.74) is 1.14. The maximum atomic E-state index is 13.0. The van der Waals surface area contributed by atoms with Gasteiger partial charge in [-0.3, -0.25) is 0 Å². The lowest BCUT2D eigenvalue weighted by Gasteiger charge is -2.00. The van der Waals surface area contributed by atoms with Crippen LogP contribution in [0.3, 0.4) is 0 Å². The molecule has 15 heavy (non-hydrogen) atoms. The molecule has 0 spiro atoms. The summed E-state index contributed by atoms with van der Waals surface area (Å²) in [6.45, 7) is -0.164. The molecule has 1 N–H and O–H groups in total. The highest BCUT2D eigenvalue weighted by molar-refractivity contribution is 9.10. The van der Waals surface area contributed by atoms with Gasteiger partial charge in [-0.1, -0.05) is 5.21 Å². The second-order valence-electron chi connectivity index (χ2n) is 2.91. The molecular formula is C9H7BrFN3O. The maximum absolute atomic E-state index is 13.0. The van der Waals surface area contributed by atoms with Gasteiger partial charge in [-0.05, 0) is 34.1 Å². The minimum Gasteiger partial charge on any atom is -0.390 e. The fraction of sp³-hybridized carbons (Fsp3) is 0.111. The van der Waals surface area contributed by atoms with E-state index in [1.165, 1.54) is 10.7 Å². The van der Waals surface area contributed by atoms with Crippen molar-refractivity contribution in [1.82, 2.24) is 15.0 Å². The van der Waals surface area contributed by atoms with E-state index in [1.54, 1.807) is 18.3 Å². The van der Waals surface area contributed by atoms with Crippen molar-refractivity contribution in [3.05, 3.63) is 40.4 Å². The lowest BCUT2D eigenvalue weighted by atomic mass is 10.3. The van der Waals surface area contributed by atoms with Crippen LogP contribution in [-0.2, 0) is 6.61 Å². The Balaban J connectivity index is 2.40. The summed E-state index contributed by atoms with van der Waals surface area (Å²) in [4.78, 5) is 0. The topological polar surface area (TPSA) is 50.9 Å². The van der Waals surface area contributed by atoms with Gasteiger partial charge in [-0.25, -0.2) is 9.07 Å². The number of nitrogens with zero attached hydrogens (tertiary/aromatic N) is 3. The number of aliphatic hydroxyl groups is 1. The van der Waals surface area contributed by atoms with Gasteiger partial charge in [-0.2, -0.15) is 0 Å². The molecule has 1 aromatic carbocycles. The van der Waals surface area contributed by atoms with Crippen LogP contribution in [0.5, 0.6) is 0 Å². The van der Waals surface area contributed by atoms with Crippen molar-refractivity contribution in [1.29, 1.82) is 0 Å². The second kappa shape index (κ2) is 4.08. The molecule has 78 valence electrons. The fourth-order valence-electron chi connectivity index (χ4n) is 1.12. The van der Waals surface area contributed by atoms with Crippen molar-refractivity contribution in [3.8, 4) is 5.69 Å². The summed E-state index contributed by atoms with van der Waals surface area (Å²) in [6.07, 6.45) is 1.58.